The average molecular weight is 247 g/mol. The standard InChI is InChI=1S/C14H11ClO2/c15-10-14(16)17-13-9-5-4-8-12(13)11-6-2-1-3-7-11/h1-9H,10H2. The number of halogens is 1. The third kappa shape index (κ3) is 2.86. The summed E-state index contributed by atoms with van der Waals surface area (Å²) in [5.74, 6) is -0.0669. The van der Waals surface area contributed by atoms with Crippen molar-refractivity contribution in [1.29, 1.82) is 0 Å². The maximum atomic E-state index is 11.2. The summed E-state index contributed by atoms with van der Waals surface area (Å²) in [6.07, 6.45) is 0. The Morgan fingerprint density at radius 2 is 1.65 bits per heavy atom. The third-order valence-corrected chi connectivity index (χ3v) is 2.52. The van der Waals surface area contributed by atoms with Crippen molar-refractivity contribution in [1.82, 2.24) is 0 Å². The van der Waals surface area contributed by atoms with E-state index in [0.29, 0.717) is 5.75 Å². The van der Waals surface area contributed by atoms with Gasteiger partial charge in [0.1, 0.15) is 11.6 Å². The van der Waals surface area contributed by atoms with E-state index in [0.717, 1.165) is 11.1 Å². The zero-order valence-electron chi connectivity index (χ0n) is 9.10. The molecule has 2 nitrogen and oxygen atoms in total. The Balaban J connectivity index is 2.38. The molecule has 0 aromatic heterocycles. The van der Waals surface area contributed by atoms with Gasteiger partial charge in [0, 0.05) is 5.56 Å². The number of hydrogen-bond donors (Lipinski definition) is 0. The molecule has 0 aliphatic rings. The van der Waals surface area contributed by atoms with Crippen molar-refractivity contribution in [2.24, 2.45) is 0 Å². The topological polar surface area (TPSA) is 26.3 Å². The maximum Gasteiger partial charge on any atom is 0.326 e. The first-order chi connectivity index (χ1) is 8.31. The van der Waals surface area contributed by atoms with Gasteiger partial charge in [-0.25, -0.2) is 0 Å². The van der Waals surface area contributed by atoms with E-state index < -0.39 is 5.97 Å². The summed E-state index contributed by atoms with van der Waals surface area (Å²) in [5, 5.41) is 0. The molecule has 0 amide bonds. The number of esters is 1. The van der Waals surface area contributed by atoms with Crippen molar-refractivity contribution in [2.75, 3.05) is 5.88 Å². The molecule has 17 heavy (non-hydrogen) atoms. The molecule has 0 fully saturated rings. The van der Waals surface area contributed by atoms with Crippen LogP contribution < -0.4 is 4.74 Å². The van der Waals surface area contributed by atoms with Crippen molar-refractivity contribution >= 4 is 17.6 Å². The van der Waals surface area contributed by atoms with Gasteiger partial charge in [0.25, 0.3) is 0 Å². The van der Waals surface area contributed by atoms with Crippen molar-refractivity contribution in [3.8, 4) is 16.9 Å². The van der Waals surface area contributed by atoms with E-state index in [1.165, 1.54) is 0 Å². The van der Waals surface area contributed by atoms with Gasteiger partial charge < -0.3 is 4.74 Å². The second-order valence-electron chi connectivity index (χ2n) is 3.47. The Hall–Kier alpha value is -1.80. The minimum absolute atomic E-state index is 0.150. The molecule has 0 atom stereocenters. The Morgan fingerprint density at radius 3 is 2.35 bits per heavy atom. The van der Waals surface area contributed by atoms with Gasteiger partial charge in [-0.3, -0.25) is 4.79 Å². The normalized spacial score (nSPS) is 9.94. The molecule has 0 bridgehead atoms. The molecule has 0 heterocycles. The van der Waals surface area contributed by atoms with Crippen LogP contribution in [0.25, 0.3) is 11.1 Å². The van der Waals surface area contributed by atoms with Crippen molar-refractivity contribution in [2.45, 2.75) is 0 Å². The van der Waals surface area contributed by atoms with Crippen molar-refractivity contribution in [3.05, 3.63) is 54.6 Å². The number of ether oxygens (including phenoxy) is 1. The predicted octanol–water partition coefficient (Wildman–Crippen LogP) is 3.50. The lowest BCUT2D eigenvalue weighted by molar-refractivity contribution is -0.131. The molecule has 0 aliphatic carbocycles. The molecular weight excluding hydrogens is 236 g/mol. The minimum Gasteiger partial charge on any atom is -0.425 e. The molecular formula is C14H11ClO2. The molecule has 0 saturated carbocycles. The number of carbonyl (C=O) groups is 1. The number of benzene rings is 2. The molecule has 0 N–H and O–H groups in total. The lowest BCUT2D eigenvalue weighted by atomic mass is 10.1. The van der Waals surface area contributed by atoms with Gasteiger partial charge in [-0.2, -0.15) is 0 Å². The molecule has 0 aliphatic heterocycles. The fourth-order valence-electron chi connectivity index (χ4n) is 1.56. The molecule has 86 valence electrons. The van der Waals surface area contributed by atoms with E-state index in [-0.39, 0.29) is 5.88 Å². The quantitative estimate of drug-likeness (QED) is 0.471. The van der Waals surface area contributed by atoms with Gasteiger partial charge in [-0.15, -0.1) is 11.6 Å². The Bertz CT molecular complexity index is 509. The highest BCUT2D eigenvalue weighted by molar-refractivity contribution is 6.26. The Morgan fingerprint density at radius 1 is 1.00 bits per heavy atom. The van der Waals surface area contributed by atoms with Crippen LogP contribution in [0.5, 0.6) is 5.75 Å². The first kappa shape index (κ1) is 11.7. The molecule has 0 unspecified atom stereocenters. The molecule has 2 aromatic carbocycles. The van der Waals surface area contributed by atoms with E-state index >= 15 is 0 Å². The zero-order valence-corrected chi connectivity index (χ0v) is 9.85. The summed E-state index contributed by atoms with van der Waals surface area (Å²) in [6, 6.07) is 17.1. The van der Waals surface area contributed by atoms with Crippen LogP contribution in [0, 0.1) is 0 Å². The molecule has 0 radical (unpaired) electrons. The summed E-state index contributed by atoms with van der Waals surface area (Å²) in [5.41, 5.74) is 1.89. The van der Waals surface area contributed by atoms with E-state index in [2.05, 4.69) is 0 Å². The minimum atomic E-state index is -0.449. The van der Waals surface area contributed by atoms with Gasteiger partial charge in [-0.05, 0) is 11.6 Å². The second kappa shape index (κ2) is 5.51. The maximum absolute atomic E-state index is 11.2. The largest absolute Gasteiger partial charge is 0.425 e. The van der Waals surface area contributed by atoms with E-state index in [1.807, 2.05) is 48.5 Å². The summed E-state index contributed by atoms with van der Waals surface area (Å²) >= 11 is 5.43. The van der Waals surface area contributed by atoms with Crippen LogP contribution in [0.15, 0.2) is 54.6 Å². The number of carbonyl (C=O) groups excluding carboxylic acids is 1. The van der Waals surface area contributed by atoms with E-state index in [4.69, 9.17) is 16.3 Å². The van der Waals surface area contributed by atoms with Crippen LogP contribution in [-0.4, -0.2) is 11.8 Å². The molecule has 3 heteroatoms. The van der Waals surface area contributed by atoms with Gasteiger partial charge >= 0.3 is 5.97 Å². The number of hydrogen-bond acceptors (Lipinski definition) is 2. The smallest absolute Gasteiger partial charge is 0.326 e. The summed E-state index contributed by atoms with van der Waals surface area (Å²) in [7, 11) is 0. The highest BCUT2D eigenvalue weighted by Gasteiger charge is 2.08. The lowest BCUT2D eigenvalue weighted by Gasteiger charge is -2.08. The SMILES string of the molecule is O=C(CCl)Oc1ccccc1-c1ccccc1. The molecule has 2 aromatic rings. The van der Waals surface area contributed by atoms with Crippen molar-refractivity contribution < 1.29 is 9.53 Å². The van der Waals surface area contributed by atoms with Gasteiger partial charge in [-0.1, -0.05) is 48.5 Å². The summed E-state index contributed by atoms with van der Waals surface area (Å²) in [4.78, 5) is 11.2. The van der Waals surface area contributed by atoms with Gasteiger partial charge in [0.2, 0.25) is 0 Å². The van der Waals surface area contributed by atoms with E-state index in [1.54, 1.807) is 6.07 Å². The number of rotatable bonds is 3. The second-order valence-corrected chi connectivity index (χ2v) is 3.74. The Kier molecular flexibility index (Phi) is 3.78. The van der Waals surface area contributed by atoms with Crippen LogP contribution in [0.2, 0.25) is 0 Å². The summed E-state index contributed by atoms with van der Waals surface area (Å²) < 4.78 is 5.18. The third-order valence-electron chi connectivity index (χ3n) is 2.30. The fourth-order valence-corrected chi connectivity index (χ4v) is 1.62. The van der Waals surface area contributed by atoms with Crippen molar-refractivity contribution in [3.63, 3.8) is 0 Å². The van der Waals surface area contributed by atoms with Gasteiger partial charge in [0.05, 0.1) is 0 Å². The van der Waals surface area contributed by atoms with E-state index in [9.17, 15) is 4.79 Å². The fraction of sp³-hybridized carbons (Fsp3) is 0.0714. The first-order valence-corrected chi connectivity index (χ1v) is 5.76. The molecule has 0 saturated heterocycles. The predicted molar refractivity (Wildman–Crippen MR) is 68.2 cm³/mol. The van der Waals surface area contributed by atoms with Crippen LogP contribution >= 0.6 is 11.6 Å². The summed E-state index contributed by atoms with van der Waals surface area (Å²) in [6.45, 7) is 0. The lowest BCUT2D eigenvalue weighted by Crippen LogP contribution is -2.09. The highest BCUT2D eigenvalue weighted by atomic mass is 35.5. The molecule has 0 spiro atoms. The average Bonchev–Trinajstić information content (AvgIpc) is 2.40. The van der Waals surface area contributed by atoms with Crippen LogP contribution in [0.4, 0.5) is 0 Å². The van der Waals surface area contributed by atoms with Crippen LogP contribution in [0.3, 0.4) is 0 Å². The zero-order chi connectivity index (χ0) is 12.1. The monoisotopic (exact) mass is 246 g/mol. The molecule has 2 rings (SSSR count). The number of para-hydroxylation sites is 1. The first-order valence-electron chi connectivity index (χ1n) is 5.22. The van der Waals surface area contributed by atoms with Crippen LogP contribution in [-0.2, 0) is 4.79 Å². The van der Waals surface area contributed by atoms with Gasteiger partial charge in [0.15, 0.2) is 0 Å². The highest BCUT2D eigenvalue weighted by Crippen LogP contribution is 2.29. The van der Waals surface area contributed by atoms with Crippen LogP contribution in [0.1, 0.15) is 0 Å². The number of alkyl halides is 1. The Labute approximate surface area is 105 Å².